The maximum atomic E-state index is 13.3. The lowest BCUT2D eigenvalue weighted by molar-refractivity contribution is 0.0829. The van der Waals surface area contributed by atoms with E-state index in [1.54, 1.807) is 29.1 Å². The second-order valence-electron chi connectivity index (χ2n) is 8.89. The monoisotopic (exact) mass is 487 g/mol. The molecule has 10 heteroatoms. The Labute approximate surface area is 208 Å². The van der Waals surface area contributed by atoms with Crippen molar-refractivity contribution in [1.82, 2.24) is 35.5 Å². The van der Waals surface area contributed by atoms with Gasteiger partial charge in [0.1, 0.15) is 5.76 Å². The van der Waals surface area contributed by atoms with Crippen LogP contribution in [0.15, 0.2) is 47.0 Å². The Kier molecular flexibility index (Phi) is 6.51. The summed E-state index contributed by atoms with van der Waals surface area (Å²) in [7, 11) is 0. The van der Waals surface area contributed by atoms with Gasteiger partial charge in [0.25, 0.3) is 5.91 Å². The first-order valence-electron chi connectivity index (χ1n) is 12.2. The highest BCUT2D eigenvalue weighted by atomic mass is 16.4. The summed E-state index contributed by atoms with van der Waals surface area (Å²) >= 11 is 0. The normalized spacial score (nSPS) is 13.3. The van der Waals surface area contributed by atoms with Crippen LogP contribution in [0, 0.1) is 6.92 Å². The minimum Gasteiger partial charge on any atom is -0.454 e. The Hall–Kier alpha value is -4.05. The van der Waals surface area contributed by atoms with Crippen LogP contribution in [0.5, 0.6) is 0 Å². The van der Waals surface area contributed by atoms with E-state index in [0.29, 0.717) is 46.3 Å². The number of furan rings is 1. The van der Waals surface area contributed by atoms with E-state index in [4.69, 9.17) is 9.40 Å². The third-order valence-corrected chi connectivity index (χ3v) is 6.39. The number of nitrogens with one attached hydrogen (secondary N) is 2. The third kappa shape index (κ3) is 4.72. The first kappa shape index (κ1) is 23.7. The summed E-state index contributed by atoms with van der Waals surface area (Å²) < 4.78 is 7.34. The van der Waals surface area contributed by atoms with Crippen LogP contribution < -0.4 is 10.9 Å². The fourth-order valence-corrected chi connectivity index (χ4v) is 4.21. The minimum atomic E-state index is -0.525. The van der Waals surface area contributed by atoms with Crippen LogP contribution in [-0.4, -0.2) is 49.6 Å². The van der Waals surface area contributed by atoms with Gasteiger partial charge in [-0.25, -0.2) is 9.97 Å². The van der Waals surface area contributed by atoms with Crippen LogP contribution in [0.1, 0.15) is 70.7 Å². The van der Waals surface area contributed by atoms with Gasteiger partial charge in [-0.1, -0.05) is 19.9 Å². The summed E-state index contributed by atoms with van der Waals surface area (Å²) in [5.74, 6) is 0.788. The van der Waals surface area contributed by atoms with Gasteiger partial charge < -0.3 is 4.42 Å². The van der Waals surface area contributed by atoms with Crippen molar-refractivity contribution in [2.75, 3.05) is 13.1 Å². The van der Waals surface area contributed by atoms with Gasteiger partial charge in [0, 0.05) is 17.8 Å². The van der Waals surface area contributed by atoms with Crippen molar-refractivity contribution in [3.63, 3.8) is 0 Å². The summed E-state index contributed by atoms with van der Waals surface area (Å²) in [4.78, 5) is 37.3. The van der Waals surface area contributed by atoms with E-state index in [1.807, 2.05) is 25.1 Å². The van der Waals surface area contributed by atoms with Crippen LogP contribution in [0.4, 0.5) is 0 Å². The summed E-state index contributed by atoms with van der Waals surface area (Å²) in [6, 6.07) is 10.7. The molecule has 4 aromatic heterocycles. The summed E-state index contributed by atoms with van der Waals surface area (Å²) in [5.41, 5.74) is 7.47. The van der Waals surface area contributed by atoms with E-state index in [0.717, 1.165) is 31.6 Å². The molecule has 36 heavy (non-hydrogen) atoms. The van der Waals surface area contributed by atoms with E-state index in [-0.39, 0.29) is 5.76 Å². The van der Waals surface area contributed by atoms with Crippen LogP contribution in [0.2, 0.25) is 0 Å². The van der Waals surface area contributed by atoms with E-state index < -0.39 is 11.8 Å². The molecule has 0 bridgehead atoms. The molecule has 0 radical (unpaired) electrons. The number of amides is 2. The molecule has 0 spiro atoms. The van der Waals surface area contributed by atoms with Crippen LogP contribution in [-0.2, 0) is 6.54 Å². The molecule has 0 saturated heterocycles. The van der Waals surface area contributed by atoms with Gasteiger partial charge in [0.15, 0.2) is 17.2 Å². The van der Waals surface area contributed by atoms with E-state index in [1.165, 1.54) is 0 Å². The standard InChI is InChI=1S/C26H29N7O3/c1-4-32(5-2)15-18-11-12-21(36-18)26(35)30-29-25(34)19-14-20(17-9-10-17)28-24-23(19)16(3)31-33(24)22-8-6-7-13-27-22/h6-8,11-14,17H,4-5,9-10,15H2,1-3H3,(H,29,34)(H,30,35). The maximum Gasteiger partial charge on any atom is 0.305 e. The third-order valence-electron chi connectivity index (χ3n) is 6.39. The molecule has 0 aliphatic heterocycles. The predicted molar refractivity (Wildman–Crippen MR) is 134 cm³/mol. The molecule has 4 heterocycles. The number of carbonyl (C=O) groups is 2. The molecule has 1 saturated carbocycles. The van der Waals surface area contributed by atoms with Crippen molar-refractivity contribution in [1.29, 1.82) is 0 Å². The first-order valence-corrected chi connectivity index (χ1v) is 12.2. The highest BCUT2D eigenvalue weighted by Crippen LogP contribution is 2.40. The van der Waals surface area contributed by atoms with Gasteiger partial charge in [-0.05, 0) is 63.2 Å². The van der Waals surface area contributed by atoms with Crippen LogP contribution in [0.25, 0.3) is 16.9 Å². The molecule has 5 rings (SSSR count). The molecule has 2 amide bonds. The van der Waals surface area contributed by atoms with E-state index >= 15 is 0 Å². The highest BCUT2D eigenvalue weighted by Gasteiger charge is 2.29. The van der Waals surface area contributed by atoms with Gasteiger partial charge in [0.2, 0.25) is 0 Å². The lowest BCUT2D eigenvalue weighted by Crippen LogP contribution is -2.41. The average Bonchev–Trinajstić information content (AvgIpc) is 3.56. The number of hydrogen-bond acceptors (Lipinski definition) is 7. The molecular formula is C26H29N7O3. The quantitative estimate of drug-likeness (QED) is 0.365. The predicted octanol–water partition coefficient (Wildman–Crippen LogP) is 3.51. The van der Waals surface area contributed by atoms with Gasteiger partial charge in [-0.2, -0.15) is 9.78 Å². The number of aromatic nitrogens is 4. The second-order valence-corrected chi connectivity index (χ2v) is 8.89. The number of aryl methyl sites for hydroxylation is 1. The summed E-state index contributed by atoms with van der Waals surface area (Å²) in [5, 5.41) is 5.23. The average molecular weight is 488 g/mol. The fourth-order valence-electron chi connectivity index (χ4n) is 4.21. The number of pyridine rings is 2. The number of carbonyl (C=O) groups excluding carboxylic acids is 2. The second kappa shape index (κ2) is 9.90. The van der Waals surface area contributed by atoms with Gasteiger partial charge >= 0.3 is 5.91 Å². The molecule has 1 aliphatic carbocycles. The zero-order chi connectivity index (χ0) is 25.2. The topological polar surface area (TPSA) is 118 Å². The molecule has 0 atom stereocenters. The molecule has 186 valence electrons. The lowest BCUT2D eigenvalue weighted by Gasteiger charge is -2.15. The maximum absolute atomic E-state index is 13.3. The van der Waals surface area contributed by atoms with Crippen molar-refractivity contribution in [3.8, 4) is 5.82 Å². The number of fused-ring (bicyclic) bond motifs is 1. The molecule has 0 aromatic carbocycles. The Morgan fingerprint density at radius 1 is 1.11 bits per heavy atom. The molecule has 1 fully saturated rings. The van der Waals surface area contributed by atoms with Crippen molar-refractivity contribution < 1.29 is 14.0 Å². The Morgan fingerprint density at radius 2 is 1.89 bits per heavy atom. The fraction of sp³-hybridized carbons (Fsp3) is 0.346. The summed E-state index contributed by atoms with van der Waals surface area (Å²) in [6.45, 7) is 8.36. The Morgan fingerprint density at radius 3 is 2.58 bits per heavy atom. The zero-order valence-corrected chi connectivity index (χ0v) is 20.6. The van der Waals surface area contributed by atoms with Gasteiger partial charge in [-0.3, -0.25) is 25.3 Å². The van der Waals surface area contributed by atoms with E-state index in [9.17, 15) is 9.59 Å². The smallest absolute Gasteiger partial charge is 0.305 e. The number of rotatable bonds is 8. The molecule has 0 unspecified atom stereocenters. The molecule has 1 aliphatic rings. The molecular weight excluding hydrogens is 458 g/mol. The van der Waals surface area contributed by atoms with E-state index in [2.05, 4.69) is 39.7 Å². The first-order chi connectivity index (χ1) is 17.5. The lowest BCUT2D eigenvalue weighted by atomic mass is 10.1. The van der Waals surface area contributed by atoms with Gasteiger partial charge in [-0.15, -0.1) is 0 Å². The molecule has 10 nitrogen and oxygen atoms in total. The zero-order valence-electron chi connectivity index (χ0n) is 20.6. The number of hydrazine groups is 1. The minimum absolute atomic E-state index is 0.134. The van der Waals surface area contributed by atoms with Crippen LogP contribution in [0.3, 0.4) is 0 Å². The van der Waals surface area contributed by atoms with Crippen molar-refractivity contribution in [2.24, 2.45) is 0 Å². The van der Waals surface area contributed by atoms with Crippen LogP contribution >= 0.6 is 0 Å². The number of nitrogens with zero attached hydrogens (tertiary/aromatic N) is 5. The largest absolute Gasteiger partial charge is 0.454 e. The van der Waals surface area contributed by atoms with Crippen molar-refractivity contribution in [3.05, 3.63) is 71.1 Å². The number of hydrogen-bond donors (Lipinski definition) is 2. The molecule has 2 N–H and O–H groups in total. The van der Waals surface area contributed by atoms with Crippen molar-refractivity contribution >= 4 is 22.8 Å². The Bertz CT molecular complexity index is 1400. The molecule has 4 aromatic rings. The highest BCUT2D eigenvalue weighted by molar-refractivity contribution is 6.07. The van der Waals surface area contributed by atoms with Crippen molar-refractivity contribution in [2.45, 2.75) is 46.1 Å². The SMILES string of the molecule is CCN(CC)Cc1ccc(C(=O)NNC(=O)c2cc(C3CC3)nc3c2c(C)nn3-c2ccccn2)o1. The summed E-state index contributed by atoms with van der Waals surface area (Å²) in [6.07, 6.45) is 3.75. The Balaban J connectivity index is 1.39. The van der Waals surface area contributed by atoms with Gasteiger partial charge in [0.05, 0.1) is 23.2 Å².